The van der Waals surface area contributed by atoms with E-state index in [-0.39, 0.29) is 24.0 Å². The number of ether oxygens (including phenoxy) is 1. The Hall–Kier alpha value is -2.42. The Morgan fingerprint density at radius 3 is 2.64 bits per heavy atom. The second kappa shape index (κ2) is 12.2. The number of nitrogens with one attached hydrogen (secondary N) is 1. The van der Waals surface area contributed by atoms with Crippen LogP contribution in [0.2, 0.25) is 0 Å². The van der Waals surface area contributed by atoms with Crippen molar-refractivity contribution in [2.75, 3.05) is 5.75 Å². The average Bonchev–Trinajstić information content (AvgIpc) is 3.38. The first-order valence-electron chi connectivity index (χ1n) is 11.4. The number of hydrogen-bond donors (Lipinski definition) is 1. The van der Waals surface area contributed by atoms with Crippen molar-refractivity contribution in [1.29, 1.82) is 0 Å². The van der Waals surface area contributed by atoms with Crippen LogP contribution in [0.5, 0.6) is 0 Å². The molecule has 1 aliphatic rings. The van der Waals surface area contributed by atoms with Crippen LogP contribution in [0.25, 0.3) is 0 Å². The number of aromatic nitrogens is 1. The second-order valence-electron chi connectivity index (χ2n) is 8.75. The highest BCUT2D eigenvalue weighted by Gasteiger charge is 2.41. The predicted octanol–water partition coefficient (Wildman–Crippen LogP) is 3.88. The van der Waals surface area contributed by atoms with Crippen LogP contribution in [0.1, 0.15) is 72.4 Å². The van der Waals surface area contributed by atoms with Gasteiger partial charge in [0, 0.05) is 18.6 Å². The van der Waals surface area contributed by atoms with Gasteiger partial charge in [-0.15, -0.1) is 11.8 Å². The summed E-state index contributed by atoms with van der Waals surface area (Å²) >= 11 is 1.43. The van der Waals surface area contributed by atoms with Crippen LogP contribution >= 0.6 is 11.8 Å². The molecule has 2 rings (SSSR count). The number of carbonyl (C=O) groups is 3. The molecule has 0 fully saturated rings. The summed E-state index contributed by atoms with van der Waals surface area (Å²) in [6.07, 6.45) is 7.11. The fourth-order valence-corrected chi connectivity index (χ4v) is 4.30. The Morgan fingerprint density at radius 2 is 2.06 bits per heavy atom. The quantitative estimate of drug-likeness (QED) is 0.359. The van der Waals surface area contributed by atoms with Crippen molar-refractivity contribution in [2.24, 2.45) is 10.9 Å². The van der Waals surface area contributed by atoms with E-state index in [2.05, 4.69) is 15.3 Å². The van der Waals surface area contributed by atoms with Gasteiger partial charge in [-0.1, -0.05) is 40.2 Å². The van der Waals surface area contributed by atoms with Crippen LogP contribution < -0.4 is 5.32 Å². The Kier molecular flexibility index (Phi) is 9.88. The molecule has 0 aromatic carbocycles. The van der Waals surface area contributed by atoms with Gasteiger partial charge in [-0.2, -0.15) is 0 Å². The summed E-state index contributed by atoms with van der Waals surface area (Å²) in [7, 11) is 0. The second-order valence-corrected chi connectivity index (χ2v) is 9.72. The number of esters is 1. The van der Waals surface area contributed by atoms with E-state index in [1.165, 1.54) is 18.7 Å². The van der Waals surface area contributed by atoms with Crippen molar-refractivity contribution >= 4 is 34.5 Å². The van der Waals surface area contributed by atoms with E-state index >= 15 is 0 Å². The molecule has 0 radical (unpaired) electrons. The van der Waals surface area contributed by atoms with E-state index in [1.54, 1.807) is 19.3 Å². The van der Waals surface area contributed by atoms with Crippen LogP contribution in [0.15, 0.2) is 27.8 Å². The molecule has 8 nitrogen and oxygen atoms in total. The Bertz CT molecular complexity index is 908. The molecule has 1 amide bonds. The number of aryl methyl sites for hydroxylation is 1. The molecule has 0 bridgehead atoms. The maximum Gasteiger partial charge on any atom is 0.329 e. The third kappa shape index (κ3) is 7.55. The zero-order chi connectivity index (χ0) is 24.6. The number of oxazole rings is 1. The minimum Gasteiger partial charge on any atom is -0.456 e. The van der Waals surface area contributed by atoms with Crippen LogP contribution in [0.4, 0.5) is 0 Å². The molecule has 0 saturated carbocycles. The molecular formula is C24H35N3O5S. The molecule has 1 aliphatic heterocycles. The molecule has 0 aliphatic carbocycles. The lowest BCUT2D eigenvalue weighted by Gasteiger charge is -2.27. The van der Waals surface area contributed by atoms with Crippen LogP contribution in [0, 0.1) is 5.92 Å². The largest absolute Gasteiger partial charge is 0.456 e. The summed E-state index contributed by atoms with van der Waals surface area (Å²) in [5.41, 5.74) is -0.433. The highest BCUT2D eigenvalue weighted by atomic mass is 32.2. The van der Waals surface area contributed by atoms with Gasteiger partial charge in [0.1, 0.15) is 40.5 Å². The normalized spacial score (nSPS) is 20.0. The van der Waals surface area contributed by atoms with Gasteiger partial charge in [0.05, 0.1) is 0 Å². The fraction of sp³-hybridized carbons (Fsp3) is 0.625. The van der Waals surface area contributed by atoms with Gasteiger partial charge in [-0.25, -0.2) is 9.78 Å². The van der Waals surface area contributed by atoms with Gasteiger partial charge in [-0.3, -0.25) is 14.6 Å². The topological polar surface area (TPSA) is 111 Å². The van der Waals surface area contributed by atoms with E-state index in [4.69, 9.17) is 9.15 Å². The number of thioether (sulfide) groups is 1. The predicted molar refractivity (Wildman–Crippen MR) is 129 cm³/mol. The summed E-state index contributed by atoms with van der Waals surface area (Å²) in [5.74, 6) is -0.159. The number of carbonyl (C=O) groups excluding carboxylic acids is 3. The van der Waals surface area contributed by atoms with Gasteiger partial charge in [0.15, 0.2) is 5.89 Å². The molecule has 0 saturated heterocycles. The molecule has 33 heavy (non-hydrogen) atoms. The SMILES string of the molecule is CCC/C=C/[C@H](CC(C)=O)OC(=O)[C@@H](NC(=O)[C@]1(C)CSC(c2coc(CC)n2)=N1)C(C)C. The first-order valence-corrected chi connectivity index (χ1v) is 12.4. The molecule has 1 aromatic heterocycles. The summed E-state index contributed by atoms with van der Waals surface area (Å²) in [6, 6.07) is -0.855. The number of unbranched alkanes of at least 4 members (excludes halogenated alkanes) is 1. The number of nitrogens with zero attached hydrogens (tertiary/aromatic N) is 2. The molecule has 1 aromatic rings. The number of rotatable bonds is 12. The maximum absolute atomic E-state index is 13.1. The Balaban J connectivity index is 2.11. The summed E-state index contributed by atoms with van der Waals surface area (Å²) in [4.78, 5) is 46.7. The maximum atomic E-state index is 13.1. The molecule has 182 valence electrons. The van der Waals surface area contributed by atoms with Crippen molar-refractivity contribution in [3.63, 3.8) is 0 Å². The zero-order valence-corrected chi connectivity index (χ0v) is 21.2. The number of allylic oxidation sites excluding steroid dienone is 1. The highest BCUT2D eigenvalue weighted by molar-refractivity contribution is 8.14. The van der Waals surface area contributed by atoms with Crippen LogP contribution in [-0.2, 0) is 25.5 Å². The van der Waals surface area contributed by atoms with E-state index in [1.807, 2.05) is 33.8 Å². The highest BCUT2D eigenvalue weighted by Crippen LogP contribution is 2.31. The van der Waals surface area contributed by atoms with E-state index in [0.717, 1.165) is 12.8 Å². The van der Waals surface area contributed by atoms with Crippen LogP contribution in [-0.4, -0.2) is 51.1 Å². The molecular weight excluding hydrogens is 442 g/mol. The van der Waals surface area contributed by atoms with Gasteiger partial charge in [0.2, 0.25) is 5.91 Å². The zero-order valence-electron chi connectivity index (χ0n) is 20.3. The lowest BCUT2D eigenvalue weighted by atomic mass is 10.0. The van der Waals surface area contributed by atoms with Gasteiger partial charge in [0.25, 0.3) is 0 Å². The summed E-state index contributed by atoms with van der Waals surface area (Å²) < 4.78 is 11.0. The van der Waals surface area contributed by atoms with E-state index in [9.17, 15) is 14.4 Å². The number of aliphatic imine (C=N–C) groups is 1. The molecule has 1 N–H and O–H groups in total. The van der Waals surface area contributed by atoms with Crippen molar-refractivity contribution in [2.45, 2.75) is 84.9 Å². The smallest absolute Gasteiger partial charge is 0.329 e. The molecule has 0 unspecified atom stereocenters. The van der Waals surface area contributed by atoms with Crippen LogP contribution in [0.3, 0.4) is 0 Å². The Morgan fingerprint density at radius 1 is 1.33 bits per heavy atom. The van der Waals surface area contributed by atoms with Gasteiger partial charge >= 0.3 is 5.97 Å². The fourth-order valence-electron chi connectivity index (χ4n) is 3.18. The van der Waals surface area contributed by atoms with Crippen molar-refractivity contribution < 1.29 is 23.5 Å². The number of ketones is 1. The average molecular weight is 478 g/mol. The number of Topliss-reactive ketones (excluding diaryl/α,β-unsaturated/α-hetero) is 1. The number of hydrogen-bond acceptors (Lipinski definition) is 8. The molecule has 3 atom stereocenters. The summed E-state index contributed by atoms with van der Waals surface area (Å²) in [5, 5.41) is 3.47. The lowest BCUT2D eigenvalue weighted by Crippen LogP contribution is -2.53. The van der Waals surface area contributed by atoms with Crippen molar-refractivity contribution in [3.05, 3.63) is 30.0 Å². The minimum atomic E-state index is -1.04. The number of amides is 1. The van der Waals surface area contributed by atoms with Crippen molar-refractivity contribution in [1.82, 2.24) is 10.3 Å². The molecule has 2 heterocycles. The summed E-state index contributed by atoms with van der Waals surface area (Å²) in [6.45, 7) is 10.9. The third-order valence-corrected chi connectivity index (χ3v) is 6.45. The van der Waals surface area contributed by atoms with Gasteiger partial charge < -0.3 is 14.5 Å². The monoisotopic (exact) mass is 477 g/mol. The molecule has 0 spiro atoms. The van der Waals surface area contributed by atoms with E-state index in [0.29, 0.717) is 28.8 Å². The lowest BCUT2D eigenvalue weighted by molar-refractivity contribution is -0.153. The first-order chi connectivity index (χ1) is 15.6. The Labute approximate surface area is 200 Å². The first kappa shape index (κ1) is 26.8. The minimum absolute atomic E-state index is 0.0736. The van der Waals surface area contributed by atoms with Gasteiger partial charge in [-0.05, 0) is 32.3 Å². The van der Waals surface area contributed by atoms with E-state index < -0.39 is 23.7 Å². The van der Waals surface area contributed by atoms with Crippen molar-refractivity contribution in [3.8, 4) is 0 Å². The third-order valence-electron chi connectivity index (χ3n) is 5.17. The molecule has 9 heteroatoms. The standard InChI is InChI=1S/C24H35N3O5S/c1-7-9-10-11-17(12-16(5)28)32-22(29)20(15(3)4)26-23(30)24(6)14-33-21(27-24)18-13-31-19(8-2)25-18/h10-11,13,15,17,20H,7-9,12,14H2,1-6H3,(H,26,30)/b11-10+/t17-,20+,24+/m1/s1.